The molecule has 24 heavy (non-hydrogen) atoms. The third-order valence-electron chi connectivity index (χ3n) is 3.27. The zero-order valence-electron chi connectivity index (χ0n) is 13.2. The van der Waals surface area contributed by atoms with Gasteiger partial charge in [-0.15, -0.1) is 11.8 Å². The number of carbonyl (C=O) groups excluding carboxylic acids is 2. The first kappa shape index (κ1) is 17.7. The van der Waals surface area contributed by atoms with Gasteiger partial charge in [-0.05, 0) is 38.1 Å². The van der Waals surface area contributed by atoms with Crippen LogP contribution < -0.4 is 5.32 Å². The van der Waals surface area contributed by atoms with Crippen LogP contribution in [0.15, 0.2) is 53.4 Å². The summed E-state index contributed by atoms with van der Waals surface area (Å²) in [5.41, 5.74) is 1.10. The molecule has 1 amide bonds. The number of nitrogens with one attached hydrogen (secondary N) is 1. The predicted octanol–water partition coefficient (Wildman–Crippen LogP) is 3.92. The van der Waals surface area contributed by atoms with E-state index in [1.54, 1.807) is 43.3 Å². The Morgan fingerprint density at radius 2 is 1.83 bits per heavy atom. The maximum atomic E-state index is 12.2. The zero-order valence-corrected chi connectivity index (χ0v) is 14.0. The Hall–Kier alpha value is -2.67. The molecule has 2 aromatic rings. The molecular weight excluding hydrogens is 328 g/mol. The molecule has 124 valence electrons. The van der Waals surface area contributed by atoms with E-state index in [0.717, 1.165) is 4.90 Å². The Balaban J connectivity index is 2.00. The van der Waals surface area contributed by atoms with E-state index >= 15 is 0 Å². The number of amides is 1. The first-order chi connectivity index (χ1) is 11.4. The molecule has 1 unspecified atom stereocenters. The van der Waals surface area contributed by atoms with E-state index in [2.05, 4.69) is 5.32 Å². The number of non-ortho nitro benzene ring substituents is 1. The maximum Gasteiger partial charge on any atom is 0.269 e. The van der Waals surface area contributed by atoms with Crippen molar-refractivity contribution in [3.63, 3.8) is 0 Å². The van der Waals surface area contributed by atoms with Gasteiger partial charge in [-0.2, -0.15) is 0 Å². The Morgan fingerprint density at radius 3 is 2.42 bits per heavy atom. The minimum Gasteiger partial charge on any atom is -0.325 e. The SMILES string of the molecule is CC(=O)c1cccc(NC(=O)C(C)Sc2ccc([N+](=O)[O-])cc2)c1. The average molecular weight is 344 g/mol. The number of nitro groups is 1. The van der Waals surface area contributed by atoms with Gasteiger partial charge in [0.15, 0.2) is 5.78 Å². The molecule has 6 nitrogen and oxygen atoms in total. The van der Waals surface area contributed by atoms with Crippen molar-refractivity contribution in [2.45, 2.75) is 24.0 Å². The van der Waals surface area contributed by atoms with Crippen LogP contribution in [-0.2, 0) is 4.79 Å². The van der Waals surface area contributed by atoms with Gasteiger partial charge in [0, 0.05) is 28.3 Å². The number of rotatable bonds is 6. The molecule has 0 fully saturated rings. The Bertz CT molecular complexity index is 774. The van der Waals surface area contributed by atoms with Gasteiger partial charge in [0.2, 0.25) is 5.91 Å². The van der Waals surface area contributed by atoms with Crippen LogP contribution in [0.2, 0.25) is 0 Å². The lowest BCUT2D eigenvalue weighted by Crippen LogP contribution is -2.22. The van der Waals surface area contributed by atoms with Crippen LogP contribution in [0.5, 0.6) is 0 Å². The van der Waals surface area contributed by atoms with E-state index in [9.17, 15) is 19.7 Å². The van der Waals surface area contributed by atoms with Crippen LogP contribution in [0.25, 0.3) is 0 Å². The molecule has 0 aliphatic rings. The van der Waals surface area contributed by atoms with E-state index in [1.807, 2.05) is 0 Å². The summed E-state index contributed by atoms with van der Waals surface area (Å²) < 4.78 is 0. The smallest absolute Gasteiger partial charge is 0.269 e. The number of nitrogens with zero attached hydrogens (tertiary/aromatic N) is 1. The molecule has 2 aromatic carbocycles. The molecule has 0 radical (unpaired) electrons. The van der Waals surface area contributed by atoms with E-state index in [0.29, 0.717) is 11.3 Å². The number of nitro benzene ring substituents is 1. The standard InChI is InChI=1S/C17H16N2O4S/c1-11(20)13-4-3-5-14(10-13)18-17(21)12(2)24-16-8-6-15(7-9-16)19(22)23/h3-10,12H,1-2H3,(H,18,21). The van der Waals surface area contributed by atoms with Gasteiger partial charge in [-0.3, -0.25) is 19.7 Å². The normalized spacial score (nSPS) is 11.6. The van der Waals surface area contributed by atoms with E-state index < -0.39 is 10.2 Å². The molecule has 0 aliphatic heterocycles. The summed E-state index contributed by atoms with van der Waals surface area (Å²) in [6, 6.07) is 12.8. The highest BCUT2D eigenvalue weighted by Gasteiger charge is 2.15. The third kappa shape index (κ3) is 4.66. The van der Waals surface area contributed by atoms with E-state index in [-0.39, 0.29) is 17.4 Å². The maximum absolute atomic E-state index is 12.2. The van der Waals surface area contributed by atoms with Gasteiger partial charge in [0.05, 0.1) is 10.2 Å². The highest BCUT2D eigenvalue weighted by atomic mass is 32.2. The van der Waals surface area contributed by atoms with Crippen molar-refractivity contribution in [2.24, 2.45) is 0 Å². The van der Waals surface area contributed by atoms with Crippen LogP contribution in [0, 0.1) is 10.1 Å². The van der Waals surface area contributed by atoms with Gasteiger partial charge < -0.3 is 5.32 Å². The third-order valence-corrected chi connectivity index (χ3v) is 4.38. The van der Waals surface area contributed by atoms with Crippen molar-refractivity contribution in [1.82, 2.24) is 0 Å². The molecule has 0 aromatic heterocycles. The molecule has 1 N–H and O–H groups in total. The second-order valence-corrected chi connectivity index (χ2v) is 6.55. The summed E-state index contributed by atoms with van der Waals surface area (Å²) >= 11 is 1.30. The number of ketones is 1. The fraction of sp³-hybridized carbons (Fsp3) is 0.176. The van der Waals surface area contributed by atoms with Crippen LogP contribution in [-0.4, -0.2) is 21.9 Å². The molecule has 0 aliphatic carbocycles. The fourth-order valence-corrected chi connectivity index (χ4v) is 2.83. The molecule has 0 bridgehead atoms. The minimum atomic E-state index is -0.466. The van der Waals surface area contributed by atoms with Crippen molar-refractivity contribution < 1.29 is 14.5 Å². The summed E-state index contributed by atoms with van der Waals surface area (Å²) in [4.78, 5) is 34.5. The quantitative estimate of drug-likeness (QED) is 0.371. The lowest BCUT2D eigenvalue weighted by atomic mass is 10.1. The largest absolute Gasteiger partial charge is 0.325 e. The topological polar surface area (TPSA) is 89.3 Å². The summed E-state index contributed by atoms with van der Waals surface area (Å²) in [6.45, 7) is 3.21. The number of Topliss-reactive ketones (excluding diaryl/α,β-unsaturated/α-hetero) is 1. The van der Waals surface area contributed by atoms with Gasteiger partial charge in [-0.1, -0.05) is 12.1 Å². The monoisotopic (exact) mass is 344 g/mol. The average Bonchev–Trinajstić information content (AvgIpc) is 2.55. The van der Waals surface area contributed by atoms with Crippen LogP contribution in [0.4, 0.5) is 11.4 Å². The number of carbonyl (C=O) groups is 2. The Kier molecular flexibility index (Phi) is 5.70. The van der Waals surface area contributed by atoms with E-state index in [1.165, 1.54) is 30.8 Å². The van der Waals surface area contributed by atoms with Gasteiger partial charge in [0.1, 0.15) is 0 Å². The molecular formula is C17H16N2O4S. The van der Waals surface area contributed by atoms with Crippen molar-refractivity contribution in [1.29, 1.82) is 0 Å². The van der Waals surface area contributed by atoms with E-state index in [4.69, 9.17) is 0 Å². The van der Waals surface area contributed by atoms with Gasteiger partial charge in [0.25, 0.3) is 5.69 Å². The summed E-state index contributed by atoms with van der Waals surface area (Å²) in [7, 11) is 0. The first-order valence-electron chi connectivity index (χ1n) is 7.20. The van der Waals surface area contributed by atoms with Crippen molar-refractivity contribution in [3.8, 4) is 0 Å². The first-order valence-corrected chi connectivity index (χ1v) is 8.08. The van der Waals surface area contributed by atoms with Crippen molar-refractivity contribution >= 4 is 34.8 Å². The number of thioether (sulfide) groups is 1. The number of hydrogen-bond acceptors (Lipinski definition) is 5. The Labute approximate surface area is 143 Å². The van der Waals surface area contributed by atoms with Crippen LogP contribution in [0.1, 0.15) is 24.2 Å². The fourth-order valence-electron chi connectivity index (χ4n) is 1.96. The molecule has 0 saturated carbocycles. The lowest BCUT2D eigenvalue weighted by Gasteiger charge is -2.12. The summed E-state index contributed by atoms with van der Waals surface area (Å²) in [5, 5.41) is 13.0. The Morgan fingerprint density at radius 1 is 1.17 bits per heavy atom. The van der Waals surface area contributed by atoms with Crippen LogP contribution in [0.3, 0.4) is 0 Å². The molecule has 0 spiro atoms. The lowest BCUT2D eigenvalue weighted by molar-refractivity contribution is -0.384. The number of anilines is 1. The zero-order chi connectivity index (χ0) is 17.7. The van der Waals surface area contributed by atoms with Gasteiger partial charge in [-0.25, -0.2) is 0 Å². The summed E-state index contributed by atoms with van der Waals surface area (Å²) in [5.74, 6) is -0.279. The second kappa shape index (κ2) is 7.74. The minimum absolute atomic E-state index is 0.0116. The highest BCUT2D eigenvalue weighted by Crippen LogP contribution is 2.26. The molecule has 0 saturated heterocycles. The highest BCUT2D eigenvalue weighted by molar-refractivity contribution is 8.00. The molecule has 1 atom stereocenters. The molecule has 2 rings (SSSR count). The number of benzene rings is 2. The van der Waals surface area contributed by atoms with Crippen LogP contribution >= 0.6 is 11.8 Å². The molecule has 0 heterocycles. The predicted molar refractivity (Wildman–Crippen MR) is 93.5 cm³/mol. The van der Waals surface area contributed by atoms with Crippen molar-refractivity contribution in [3.05, 3.63) is 64.2 Å². The van der Waals surface area contributed by atoms with Crippen molar-refractivity contribution in [2.75, 3.05) is 5.32 Å². The molecule has 7 heteroatoms. The number of hydrogen-bond donors (Lipinski definition) is 1. The second-order valence-electron chi connectivity index (χ2n) is 5.14. The summed E-state index contributed by atoms with van der Waals surface area (Å²) in [6.07, 6.45) is 0. The van der Waals surface area contributed by atoms with Gasteiger partial charge >= 0.3 is 0 Å².